The fourth-order valence-corrected chi connectivity index (χ4v) is 6.60. The Kier molecular flexibility index (Phi) is 3.02. The number of Topliss-reactive ketones (excluding diaryl/α,β-unsaturated/α-hetero) is 2. The number of carbonyl (C=O) groups excluding carboxylic acids is 2. The van der Waals surface area contributed by atoms with E-state index < -0.39 is 0 Å². The lowest BCUT2D eigenvalue weighted by Crippen LogP contribution is -2.51. The molecule has 3 fully saturated rings. The Morgan fingerprint density at radius 1 is 1.04 bits per heavy atom. The van der Waals surface area contributed by atoms with Gasteiger partial charge in [-0.05, 0) is 72.8 Å². The Balaban J connectivity index is 1.76. The van der Waals surface area contributed by atoms with Gasteiger partial charge in [0, 0.05) is 11.8 Å². The standard InChI is InChI=1S/C20H27NO2/c1-11-10-20(3)14-8-9-19(2)13(6-7-16(19)22)12(14)4-5-15(20)17(21)18(11)23/h12-14H,1,4-10,21H2,2-3H3/t12-,13-,14+,19-,20+/m0/s1. The van der Waals surface area contributed by atoms with Gasteiger partial charge < -0.3 is 5.73 Å². The van der Waals surface area contributed by atoms with E-state index >= 15 is 0 Å². The first kappa shape index (κ1) is 15.2. The topological polar surface area (TPSA) is 60.2 Å². The van der Waals surface area contributed by atoms with E-state index in [9.17, 15) is 9.59 Å². The number of nitrogens with two attached hydrogens (primary N) is 1. The van der Waals surface area contributed by atoms with E-state index in [1.165, 1.54) is 5.57 Å². The Hall–Kier alpha value is -1.38. The van der Waals surface area contributed by atoms with E-state index in [-0.39, 0.29) is 16.6 Å². The molecule has 0 amide bonds. The molecule has 124 valence electrons. The first-order chi connectivity index (χ1) is 10.8. The van der Waals surface area contributed by atoms with Crippen LogP contribution in [0.15, 0.2) is 23.4 Å². The van der Waals surface area contributed by atoms with Gasteiger partial charge in [0.05, 0.1) is 5.70 Å². The van der Waals surface area contributed by atoms with Gasteiger partial charge >= 0.3 is 0 Å². The second-order valence-electron chi connectivity index (χ2n) is 8.75. The van der Waals surface area contributed by atoms with Crippen LogP contribution in [-0.4, -0.2) is 11.6 Å². The quantitative estimate of drug-likeness (QED) is 0.696. The lowest BCUT2D eigenvalue weighted by atomic mass is 9.47. The molecule has 23 heavy (non-hydrogen) atoms. The molecule has 0 unspecified atom stereocenters. The number of allylic oxidation sites excluding steroid dienone is 1. The molecule has 4 rings (SSSR count). The van der Waals surface area contributed by atoms with Crippen LogP contribution < -0.4 is 5.73 Å². The second kappa shape index (κ2) is 4.58. The average Bonchev–Trinajstić information content (AvgIpc) is 2.80. The van der Waals surface area contributed by atoms with Crippen molar-refractivity contribution in [2.75, 3.05) is 0 Å². The van der Waals surface area contributed by atoms with E-state index in [0.29, 0.717) is 34.8 Å². The van der Waals surface area contributed by atoms with Crippen molar-refractivity contribution in [3.8, 4) is 0 Å². The maximum Gasteiger partial charge on any atom is 0.204 e. The van der Waals surface area contributed by atoms with Crippen molar-refractivity contribution < 1.29 is 9.59 Å². The fraction of sp³-hybridized carbons (Fsp3) is 0.700. The molecular formula is C20H27NO2. The molecule has 2 N–H and O–H groups in total. The minimum absolute atomic E-state index is 0.0229. The van der Waals surface area contributed by atoms with E-state index in [1.54, 1.807) is 0 Å². The molecule has 0 aromatic heterocycles. The van der Waals surface area contributed by atoms with Crippen LogP contribution in [-0.2, 0) is 9.59 Å². The Morgan fingerprint density at radius 3 is 2.48 bits per heavy atom. The van der Waals surface area contributed by atoms with Crippen molar-refractivity contribution in [3.63, 3.8) is 0 Å². The monoisotopic (exact) mass is 313 g/mol. The number of carbonyl (C=O) groups is 2. The summed E-state index contributed by atoms with van der Waals surface area (Å²) in [4.78, 5) is 24.7. The molecule has 3 heteroatoms. The molecule has 0 aliphatic heterocycles. The van der Waals surface area contributed by atoms with E-state index in [2.05, 4.69) is 20.4 Å². The summed E-state index contributed by atoms with van der Waals surface area (Å²) in [5.74, 6) is 2.11. The summed E-state index contributed by atoms with van der Waals surface area (Å²) in [6.45, 7) is 8.49. The van der Waals surface area contributed by atoms with Gasteiger partial charge in [-0.2, -0.15) is 0 Å². The van der Waals surface area contributed by atoms with Gasteiger partial charge in [-0.1, -0.05) is 20.4 Å². The lowest BCUT2D eigenvalue weighted by molar-refractivity contribution is -0.132. The van der Waals surface area contributed by atoms with Crippen LogP contribution in [0, 0.1) is 28.6 Å². The van der Waals surface area contributed by atoms with Crippen molar-refractivity contribution in [2.24, 2.45) is 34.3 Å². The third-order valence-corrected chi connectivity index (χ3v) is 7.85. The SMILES string of the molecule is C=C1C[C@@]2(C)C(=C(N)C1=O)CC[C@@H]1[C@H]2CC[C@]2(C)C(=O)CC[C@@H]12. The van der Waals surface area contributed by atoms with E-state index in [4.69, 9.17) is 5.73 Å². The molecular weight excluding hydrogens is 286 g/mol. The van der Waals surface area contributed by atoms with Crippen LogP contribution in [0.1, 0.15) is 58.8 Å². The lowest BCUT2D eigenvalue weighted by Gasteiger charge is -2.57. The Morgan fingerprint density at radius 2 is 1.74 bits per heavy atom. The molecule has 0 aromatic carbocycles. The summed E-state index contributed by atoms with van der Waals surface area (Å²) in [7, 11) is 0. The summed E-state index contributed by atoms with van der Waals surface area (Å²) in [6, 6.07) is 0. The van der Waals surface area contributed by atoms with Crippen LogP contribution in [0.4, 0.5) is 0 Å². The van der Waals surface area contributed by atoms with Gasteiger partial charge in [0.25, 0.3) is 0 Å². The molecule has 0 bridgehead atoms. The molecule has 4 aliphatic carbocycles. The van der Waals surface area contributed by atoms with Crippen molar-refractivity contribution in [1.82, 2.24) is 0 Å². The van der Waals surface area contributed by atoms with Crippen LogP contribution in [0.5, 0.6) is 0 Å². The Labute approximate surface area is 138 Å². The number of hydrogen-bond acceptors (Lipinski definition) is 3. The molecule has 0 radical (unpaired) electrons. The van der Waals surface area contributed by atoms with Gasteiger partial charge in [0.2, 0.25) is 5.78 Å². The molecule has 5 atom stereocenters. The van der Waals surface area contributed by atoms with Crippen LogP contribution in [0.2, 0.25) is 0 Å². The zero-order valence-corrected chi connectivity index (χ0v) is 14.3. The zero-order chi connectivity index (χ0) is 16.6. The highest BCUT2D eigenvalue weighted by atomic mass is 16.1. The normalized spacial score (nSPS) is 46.5. The first-order valence-corrected chi connectivity index (χ1v) is 9.04. The van der Waals surface area contributed by atoms with Crippen molar-refractivity contribution >= 4 is 11.6 Å². The van der Waals surface area contributed by atoms with Gasteiger partial charge in [-0.25, -0.2) is 0 Å². The smallest absolute Gasteiger partial charge is 0.204 e. The van der Waals surface area contributed by atoms with E-state index in [0.717, 1.165) is 44.9 Å². The highest BCUT2D eigenvalue weighted by molar-refractivity contribution is 6.09. The largest absolute Gasteiger partial charge is 0.396 e. The predicted molar refractivity (Wildman–Crippen MR) is 89.4 cm³/mol. The third-order valence-electron chi connectivity index (χ3n) is 7.85. The van der Waals surface area contributed by atoms with Gasteiger partial charge in [0.1, 0.15) is 5.78 Å². The maximum atomic E-state index is 12.4. The Bertz CT molecular complexity index is 661. The minimum Gasteiger partial charge on any atom is -0.396 e. The number of rotatable bonds is 0. The van der Waals surface area contributed by atoms with Gasteiger partial charge in [0.15, 0.2) is 0 Å². The average molecular weight is 313 g/mol. The molecule has 0 heterocycles. The molecule has 0 aromatic rings. The third kappa shape index (κ3) is 1.77. The number of ketones is 2. The van der Waals surface area contributed by atoms with E-state index in [1.807, 2.05) is 0 Å². The summed E-state index contributed by atoms with van der Waals surface area (Å²) < 4.78 is 0. The fourth-order valence-electron chi connectivity index (χ4n) is 6.60. The molecule has 4 aliphatic rings. The van der Waals surface area contributed by atoms with Crippen LogP contribution >= 0.6 is 0 Å². The molecule has 3 nitrogen and oxygen atoms in total. The van der Waals surface area contributed by atoms with Crippen LogP contribution in [0.25, 0.3) is 0 Å². The van der Waals surface area contributed by atoms with Gasteiger partial charge in [-0.15, -0.1) is 0 Å². The summed E-state index contributed by atoms with van der Waals surface area (Å²) in [5, 5.41) is 0. The minimum atomic E-state index is -0.0915. The second-order valence-corrected chi connectivity index (χ2v) is 8.75. The van der Waals surface area contributed by atoms with Crippen molar-refractivity contribution in [2.45, 2.75) is 58.8 Å². The van der Waals surface area contributed by atoms with Gasteiger partial charge in [-0.3, -0.25) is 9.59 Å². The molecule has 0 spiro atoms. The highest BCUT2D eigenvalue weighted by Crippen LogP contribution is 2.64. The maximum absolute atomic E-state index is 12.4. The van der Waals surface area contributed by atoms with Crippen molar-refractivity contribution in [1.29, 1.82) is 0 Å². The predicted octanol–water partition coefficient (Wildman–Crippen LogP) is 3.54. The molecule has 3 saturated carbocycles. The summed E-state index contributed by atoms with van der Waals surface area (Å²) >= 11 is 0. The first-order valence-electron chi connectivity index (χ1n) is 9.04. The highest BCUT2D eigenvalue weighted by Gasteiger charge is 2.59. The number of hydrogen-bond donors (Lipinski definition) is 1. The summed E-state index contributed by atoms with van der Waals surface area (Å²) in [6.07, 6.45) is 6.66. The zero-order valence-electron chi connectivity index (χ0n) is 14.3. The molecule has 0 saturated heterocycles. The number of fused-ring (bicyclic) bond motifs is 5. The van der Waals surface area contributed by atoms with Crippen LogP contribution in [0.3, 0.4) is 0 Å². The summed E-state index contributed by atoms with van der Waals surface area (Å²) in [5.41, 5.74) is 8.41. The van der Waals surface area contributed by atoms with Crippen molar-refractivity contribution in [3.05, 3.63) is 23.4 Å².